The van der Waals surface area contributed by atoms with E-state index in [2.05, 4.69) is 25.6 Å². The maximum Gasteiger partial charge on any atom is 0.224 e. The smallest absolute Gasteiger partial charge is 0.224 e. The van der Waals surface area contributed by atoms with Crippen LogP contribution in [0.15, 0.2) is 47.5 Å². The third kappa shape index (κ3) is 6.87. The predicted octanol–water partition coefficient (Wildman–Crippen LogP) is 4.34. The van der Waals surface area contributed by atoms with E-state index in [9.17, 15) is 18.6 Å². The Labute approximate surface area is 250 Å². The number of benzene rings is 1. The van der Waals surface area contributed by atoms with Crippen molar-refractivity contribution in [2.45, 2.75) is 62.3 Å². The number of sulfone groups is 1. The number of ether oxygens (including phenoxy) is 1. The van der Waals surface area contributed by atoms with E-state index in [0.717, 1.165) is 15.9 Å². The van der Waals surface area contributed by atoms with Gasteiger partial charge in [0, 0.05) is 19.9 Å². The van der Waals surface area contributed by atoms with Crippen LogP contribution >= 0.6 is 11.3 Å². The number of aliphatic hydroxyl groups excluding tert-OH is 1. The van der Waals surface area contributed by atoms with Crippen LogP contribution in [-0.4, -0.2) is 75.9 Å². The van der Waals surface area contributed by atoms with Gasteiger partial charge in [0.1, 0.15) is 16.3 Å². The topological polar surface area (TPSA) is 159 Å². The Morgan fingerprint density at radius 2 is 1.76 bits per heavy atom. The fourth-order valence-corrected chi connectivity index (χ4v) is 7.29. The molecule has 4 aromatic rings. The maximum atomic E-state index is 13.3. The molecule has 226 valence electrons. The molecule has 0 aliphatic carbocycles. The highest BCUT2D eigenvalue weighted by Gasteiger charge is 2.37. The number of hydrogen-bond donors (Lipinski definition) is 4. The first kappa shape index (κ1) is 31.7. The summed E-state index contributed by atoms with van der Waals surface area (Å²) in [5, 5.41) is 28.6. The minimum Gasteiger partial charge on any atom is -0.391 e. The Bertz CT molecular complexity index is 1630. The summed E-state index contributed by atoms with van der Waals surface area (Å²) in [5.41, 5.74) is 0.976. The molecule has 0 fully saturated rings. The molecule has 1 aromatic carbocycles. The molecule has 3 aromatic heterocycles. The molecule has 11 nitrogen and oxygen atoms in total. The van der Waals surface area contributed by atoms with E-state index in [0.29, 0.717) is 47.6 Å². The van der Waals surface area contributed by atoms with Crippen molar-refractivity contribution in [3.05, 3.63) is 54.0 Å². The number of aromatic nitrogens is 4. The number of anilines is 2. The number of methoxy groups -OCH3 is 1. The first-order chi connectivity index (χ1) is 19.9. The van der Waals surface area contributed by atoms with Gasteiger partial charge in [-0.2, -0.15) is 4.98 Å². The van der Waals surface area contributed by atoms with E-state index >= 15 is 0 Å². The number of nitrogens with zero attached hydrogens (tertiary/aromatic N) is 4. The third-order valence-electron chi connectivity index (χ3n) is 7.15. The van der Waals surface area contributed by atoms with E-state index in [1.165, 1.54) is 11.3 Å². The van der Waals surface area contributed by atoms with E-state index in [1.54, 1.807) is 57.5 Å². The number of aryl methyl sites for hydroxylation is 2. The average Bonchev–Trinajstić information content (AvgIpc) is 3.38. The zero-order chi connectivity index (χ0) is 30.5. The van der Waals surface area contributed by atoms with Gasteiger partial charge in [0.25, 0.3) is 0 Å². The van der Waals surface area contributed by atoms with Crippen molar-refractivity contribution in [2.24, 2.45) is 0 Å². The summed E-state index contributed by atoms with van der Waals surface area (Å²) in [7, 11) is -2.02. The lowest BCUT2D eigenvalue weighted by Gasteiger charge is -2.31. The molecule has 4 N–H and O–H groups in total. The van der Waals surface area contributed by atoms with Crippen molar-refractivity contribution in [2.75, 3.05) is 37.5 Å². The van der Waals surface area contributed by atoms with E-state index in [-0.39, 0.29) is 17.7 Å². The van der Waals surface area contributed by atoms with Gasteiger partial charge >= 0.3 is 0 Å². The second-order valence-electron chi connectivity index (χ2n) is 10.8. The Morgan fingerprint density at radius 3 is 2.43 bits per heavy atom. The number of nitrogens with one attached hydrogen (secondary N) is 2. The molecule has 0 spiro atoms. The van der Waals surface area contributed by atoms with Gasteiger partial charge in [0.2, 0.25) is 5.95 Å². The van der Waals surface area contributed by atoms with Crippen molar-refractivity contribution in [3.63, 3.8) is 0 Å². The molecule has 0 saturated heterocycles. The molecule has 42 heavy (non-hydrogen) atoms. The molecule has 0 aliphatic rings. The fourth-order valence-electron chi connectivity index (χ4n) is 4.61. The van der Waals surface area contributed by atoms with Crippen molar-refractivity contribution in [1.29, 1.82) is 0 Å². The summed E-state index contributed by atoms with van der Waals surface area (Å²) in [6.45, 7) is 7.35. The molecule has 1 atom stereocenters. The summed E-state index contributed by atoms with van der Waals surface area (Å²) in [6.07, 6.45) is 2.37. The molecule has 4 rings (SSSR count). The van der Waals surface area contributed by atoms with E-state index < -0.39 is 26.9 Å². The van der Waals surface area contributed by atoms with E-state index in [4.69, 9.17) is 9.72 Å². The summed E-state index contributed by atoms with van der Waals surface area (Å²) >= 11 is 1.45. The first-order valence-electron chi connectivity index (χ1n) is 13.7. The van der Waals surface area contributed by atoms with Crippen molar-refractivity contribution >= 4 is 43.2 Å². The van der Waals surface area contributed by atoms with Crippen molar-refractivity contribution < 1.29 is 23.4 Å². The van der Waals surface area contributed by atoms with Gasteiger partial charge in [-0.1, -0.05) is 18.2 Å². The molecule has 0 saturated carbocycles. The molecule has 3 heterocycles. The van der Waals surface area contributed by atoms with Gasteiger partial charge < -0.3 is 25.6 Å². The first-order valence-corrected chi connectivity index (χ1v) is 16.0. The summed E-state index contributed by atoms with van der Waals surface area (Å²) < 4.78 is 31.5. The molecule has 0 amide bonds. The molecule has 13 heteroatoms. The Hall–Kier alpha value is -3.23. The van der Waals surface area contributed by atoms with Gasteiger partial charge in [-0.15, -0.1) is 11.3 Å². The van der Waals surface area contributed by atoms with Crippen LogP contribution in [-0.2, 0) is 14.6 Å². The van der Waals surface area contributed by atoms with Crippen LogP contribution in [0, 0.1) is 13.8 Å². The monoisotopic (exact) mass is 614 g/mol. The quantitative estimate of drug-likeness (QED) is 0.118. The predicted molar refractivity (Wildman–Crippen MR) is 165 cm³/mol. The Balaban J connectivity index is 1.62. The van der Waals surface area contributed by atoms with Gasteiger partial charge in [-0.3, -0.25) is 4.98 Å². The van der Waals surface area contributed by atoms with Crippen LogP contribution in [0.2, 0.25) is 0 Å². The lowest BCUT2D eigenvalue weighted by molar-refractivity contribution is 0.000659. The van der Waals surface area contributed by atoms with Crippen LogP contribution in [0.3, 0.4) is 0 Å². The minimum absolute atomic E-state index is 0.0645. The molecule has 0 aliphatic heterocycles. The molecular weight excluding hydrogens is 576 g/mol. The van der Waals surface area contributed by atoms with Gasteiger partial charge in [-0.25, -0.2) is 18.4 Å². The minimum atomic E-state index is -3.62. The van der Waals surface area contributed by atoms with Gasteiger partial charge in [0.05, 0.1) is 44.5 Å². The van der Waals surface area contributed by atoms with E-state index in [1.807, 2.05) is 19.9 Å². The van der Waals surface area contributed by atoms with Gasteiger partial charge in [-0.05, 0) is 65.2 Å². The van der Waals surface area contributed by atoms with Crippen molar-refractivity contribution in [3.8, 4) is 10.6 Å². The standard InChI is InChI=1S/C29H38N6O5S2/c1-19-23(26-33-24-20(2)30-15-12-22(24)41-26)25(34-27(32-19)31-16-17-40-5)35-29(37,18-36)14-9-13-28(3,4)42(38,39)21-10-7-6-8-11-21/h6-8,10-12,15,36-37H,9,13-14,16-18H2,1-5H3,(H2,31,32,34,35). The second kappa shape index (κ2) is 13.0. The Kier molecular flexibility index (Phi) is 9.78. The van der Waals surface area contributed by atoms with Crippen LogP contribution in [0.25, 0.3) is 20.8 Å². The highest BCUT2D eigenvalue weighted by Crippen LogP contribution is 2.38. The SMILES string of the molecule is COCCNc1nc(C)c(-c2nc3c(C)nccc3s2)c(NC(O)(CO)CCCC(C)(C)S(=O)(=O)c2ccccc2)n1. The van der Waals surface area contributed by atoms with Crippen LogP contribution in [0.1, 0.15) is 44.5 Å². The highest BCUT2D eigenvalue weighted by molar-refractivity contribution is 7.92. The summed E-state index contributed by atoms with van der Waals surface area (Å²) in [4.78, 5) is 18.6. The zero-order valence-electron chi connectivity index (χ0n) is 24.5. The van der Waals surface area contributed by atoms with Crippen LogP contribution in [0.4, 0.5) is 11.8 Å². The molecule has 0 radical (unpaired) electrons. The molecule has 0 bridgehead atoms. The third-order valence-corrected chi connectivity index (χ3v) is 10.7. The zero-order valence-corrected chi connectivity index (χ0v) is 26.1. The van der Waals surface area contributed by atoms with Crippen LogP contribution < -0.4 is 10.6 Å². The molecule has 1 unspecified atom stereocenters. The number of aliphatic hydroxyl groups is 2. The Morgan fingerprint density at radius 1 is 1.02 bits per heavy atom. The largest absolute Gasteiger partial charge is 0.391 e. The number of hydrogen-bond acceptors (Lipinski definition) is 12. The summed E-state index contributed by atoms with van der Waals surface area (Å²) in [5.74, 6) is 0.616. The van der Waals surface area contributed by atoms with Crippen molar-refractivity contribution in [1.82, 2.24) is 19.9 Å². The second-order valence-corrected chi connectivity index (χ2v) is 14.4. The fraction of sp³-hybridized carbons (Fsp3) is 0.448. The lowest BCUT2D eigenvalue weighted by Crippen LogP contribution is -2.43. The average molecular weight is 615 g/mol. The van der Waals surface area contributed by atoms with Crippen LogP contribution in [0.5, 0.6) is 0 Å². The number of thiazole rings is 1. The number of fused-ring (bicyclic) bond motifs is 1. The molecular formula is C29H38N6O5S2. The normalized spacial score (nSPS) is 13.7. The number of pyridine rings is 1. The maximum absolute atomic E-state index is 13.3. The number of rotatable bonds is 14. The summed E-state index contributed by atoms with van der Waals surface area (Å²) in [6, 6.07) is 10.2. The highest BCUT2D eigenvalue weighted by atomic mass is 32.2. The lowest BCUT2D eigenvalue weighted by atomic mass is 10.00. The van der Waals surface area contributed by atoms with Gasteiger partial charge in [0.15, 0.2) is 15.6 Å².